The number of anilines is 1. The van der Waals surface area contributed by atoms with E-state index in [1.54, 1.807) is 6.20 Å². The molecule has 1 unspecified atom stereocenters. The van der Waals surface area contributed by atoms with Crippen LogP contribution in [0.2, 0.25) is 0 Å². The van der Waals surface area contributed by atoms with Crippen LogP contribution in [0.25, 0.3) is 5.70 Å². The van der Waals surface area contributed by atoms with Crippen molar-refractivity contribution < 1.29 is 9.84 Å². The van der Waals surface area contributed by atoms with Gasteiger partial charge in [-0.15, -0.1) is 0 Å². The molecule has 1 heterocycles. The first-order valence-corrected chi connectivity index (χ1v) is 14.3. The Morgan fingerprint density at radius 2 is 1.97 bits per heavy atom. The molecule has 0 bridgehead atoms. The van der Waals surface area contributed by atoms with Crippen molar-refractivity contribution in [2.45, 2.75) is 78.3 Å². The summed E-state index contributed by atoms with van der Waals surface area (Å²) in [6.07, 6.45) is 17.0. The second kappa shape index (κ2) is 15.4. The molecule has 212 valence electrons. The lowest BCUT2D eigenvalue weighted by Crippen LogP contribution is -2.28. The maximum absolute atomic E-state index is 9.11. The van der Waals surface area contributed by atoms with Crippen molar-refractivity contribution in [1.29, 1.82) is 0 Å². The molecule has 3 N–H and O–H groups in total. The third-order valence-corrected chi connectivity index (χ3v) is 7.08. The quantitative estimate of drug-likeness (QED) is 0.283. The summed E-state index contributed by atoms with van der Waals surface area (Å²) in [6.45, 7) is 8.69. The fourth-order valence-electron chi connectivity index (χ4n) is 4.05. The molecule has 1 fully saturated rings. The molecular formula is C32H47N5O2. The van der Waals surface area contributed by atoms with Gasteiger partial charge in [-0.1, -0.05) is 52.3 Å². The minimum absolute atomic E-state index is 0.0185. The van der Waals surface area contributed by atoms with Crippen molar-refractivity contribution in [3.05, 3.63) is 71.6 Å². The molecule has 0 spiro atoms. The lowest BCUT2D eigenvalue weighted by atomic mass is 9.92. The Labute approximate surface area is 235 Å². The number of aromatic nitrogens is 2. The molecular weight excluding hydrogens is 486 g/mol. The Morgan fingerprint density at radius 3 is 2.54 bits per heavy atom. The maximum atomic E-state index is 9.11. The van der Waals surface area contributed by atoms with Gasteiger partial charge in [-0.3, -0.25) is 5.32 Å². The summed E-state index contributed by atoms with van der Waals surface area (Å²) in [4.78, 5) is 10.9. The molecule has 2 aromatic rings. The summed E-state index contributed by atoms with van der Waals surface area (Å²) in [6, 6.07) is 9.07. The normalized spacial score (nSPS) is 17.2. The average Bonchev–Trinajstić information content (AvgIpc) is 2.91. The van der Waals surface area contributed by atoms with Crippen LogP contribution in [0, 0.1) is 5.92 Å². The highest BCUT2D eigenvalue weighted by atomic mass is 16.5. The van der Waals surface area contributed by atoms with Crippen LogP contribution in [0.4, 0.5) is 5.69 Å². The zero-order valence-electron chi connectivity index (χ0n) is 24.6. The third-order valence-electron chi connectivity index (χ3n) is 7.08. The van der Waals surface area contributed by atoms with Crippen molar-refractivity contribution >= 4 is 11.4 Å². The summed E-state index contributed by atoms with van der Waals surface area (Å²) in [5.74, 6) is 1.60. The largest absolute Gasteiger partial charge is 0.424 e. The first kappa shape index (κ1) is 30.4. The van der Waals surface area contributed by atoms with Crippen LogP contribution in [0.5, 0.6) is 11.8 Å². The molecule has 4 rings (SSSR count). The molecule has 1 aromatic carbocycles. The van der Waals surface area contributed by atoms with Crippen LogP contribution in [0.1, 0.15) is 71.1 Å². The topological polar surface area (TPSA) is 82.5 Å². The molecule has 0 saturated heterocycles. The van der Waals surface area contributed by atoms with E-state index in [1.165, 1.54) is 25.7 Å². The fraction of sp³-hybridized carbons (Fsp3) is 0.500. The van der Waals surface area contributed by atoms with E-state index >= 15 is 0 Å². The van der Waals surface area contributed by atoms with E-state index in [-0.39, 0.29) is 12.8 Å². The Hall–Kier alpha value is -3.16. The van der Waals surface area contributed by atoms with Crippen LogP contribution in [-0.4, -0.2) is 52.9 Å². The second-order valence-electron chi connectivity index (χ2n) is 10.8. The van der Waals surface area contributed by atoms with Gasteiger partial charge in [0.15, 0.2) is 0 Å². The SMILES string of the molecule is CCC(C)C.CCc1ccnc(Oc2ccc(/C(=C/C3=CCC(NCO)C=C3)N(C)C)c(NC3CCC3)c2)n1. The standard InChI is InChI=1S/C27H35N5O2.C5H12/c1-4-20-14-15-28-27(31-20)34-23-12-13-24(25(17-23)30-22-6-5-7-22)26(32(2)3)16-19-8-10-21(11-9-19)29-18-33;1-4-5(2)3/h8-10,12-17,21-22,29-30,33H,4-7,11,18H2,1-3H3;5H,4H2,1-3H3/b26-16-;. The number of nitrogens with one attached hydrogen (secondary N) is 2. The van der Waals surface area contributed by atoms with E-state index in [4.69, 9.17) is 9.84 Å². The van der Waals surface area contributed by atoms with Gasteiger partial charge in [-0.25, -0.2) is 4.98 Å². The molecule has 0 amide bonds. The van der Waals surface area contributed by atoms with Crippen LogP contribution < -0.4 is 15.4 Å². The summed E-state index contributed by atoms with van der Waals surface area (Å²) >= 11 is 0. The number of hydrogen-bond acceptors (Lipinski definition) is 7. The molecule has 0 radical (unpaired) electrons. The zero-order chi connectivity index (χ0) is 28.2. The second-order valence-corrected chi connectivity index (χ2v) is 10.8. The predicted molar refractivity (Wildman–Crippen MR) is 162 cm³/mol. The van der Waals surface area contributed by atoms with E-state index in [9.17, 15) is 0 Å². The van der Waals surface area contributed by atoms with Gasteiger partial charge in [-0.05, 0) is 67.9 Å². The highest BCUT2D eigenvalue weighted by molar-refractivity contribution is 5.78. The Bertz CT molecular complexity index is 1140. The first-order chi connectivity index (χ1) is 18.8. The van der Waals surface area contributed by atoms with Crippen LogP contribution in [0.3, 0.4) is 0 Å². The number of nitrogens with zero attached hydrogens (tertiary/aromatic N) is 3. The molecule has 2 aliphatic rings. The molecule has 7 heteroatoms. The predicted octanol–water partition coefficient (Wildman–Crippen LogP) is 6.54. The Balaban J connectivity index is 0.000000771. The minimum atomic E-state index is -0.0185. The molecule has 2 aliphatic carbocycles. The summed E-state index contributed by atoms with van der Waals surface area (Å²) in [5, 5.41) is 15.9. The van der Waals surface area contributed by atoms with E-state index in [1.807, 2.05) is 12.1 Å². The number of rotatable bonds is 11. The number of aliphatic hydroxyl groups excluding tert-OH is 1. The average molecular weight is 534 g/mol. The molecule has 39 heavy (non-hydrogen) atoms. The third kappa shape index (κ3) is 9.52. The number of aryl methyl sites for hydroxylation is 1. The maximum Gasteiger partial charge on any atom is 0.322 e. The fourth-order valence-corrected chi connectivity index (χ4v) is 4.05. The van der Waals surface area contributed by atoms with Gasteiger partial charge >= 0.3 is 6.01 Å². The van der Waals surface area contributed by atoms with Crippen molar-refractivity contribution in [2.24, 2.45) is 5.92 Å². The monoisotopic (exact) mass is 533 g/mol. The summed E-state index contributed by atoms with van der Waals surface area (Å²) in [7, 11) is 4.13. The van der Waals surface area contributed by atoms with E-state index in [0.29, 0.717) is 17.8 Å². The smallest absolute Gasteiger partial charge is 0.322 e. The van der Waals surface area contributed by atoms with Gasteiger partial charge in [-0.2, -0.15) is 4.98 Å². The van der Waals surface area contributed by atoms with Gasteiger partial charge in [0.05, 0.1) is 6.73 Å². The van der Waals surface area contributed by atoms with Gasteiger partial charge in [0, 0.05) is 61.1 Å². The van der Waals surface area contributed by atoms with Crippen molar-refractivity contribution in [1.82, 2.24) is 20.2 Å². The van der Waals surface area contributed by atoms with E-state index < -0.39 is 0 Å². The Morgan fingerprint density at radius 1 is 1.21 bits per heavy atom. The number of hydrogen-bond donors (Lipinski definition) is 3. The highest BCUT2D eigenvalue weighted by Gasteiger charge is 2.21. The number of aliphatic hydroxyl groups is 1. The van der Waals surface area contributed by atoms with E-state index in [0.717, 1.165) is 47.0 Å². The highest BCUT2D eigenvalue weighted by Crippen LogP contribution is 2.34. The van der Waals surface area contributed by atoms with Crippen molar-refractivity contribution in [2.75, 3.05) is 26.1 Å². The van der Waals surface area contributed by atoms with Crippen molar-refractivity contribution in [3.63, 3.8) is 0 Å². The number of ether oxygens (including phenoxy) is 1. The van der Waals surface area contributed by atoms with Gasteiger partial charge in [0.25, 0.3) is 0 Å². The van der Waals surface area contributed by atoms with E-state index in [2.05, 4.69) is 104 Å². The molecule has 1 saturated carbocycles. The lowest BCUT2D eigenvalue weighted by molar-refractivity contribution is 0.250. The molecule has 1 aromatic heterocycles. The molecule has 7 nitrogen and oxygen atoms in total. The van der Waals surface area contributed by atoms with Crippen LogP contribution >= 0.6 is 0 Å². The summed E-state index contributed by atoms with van der Waals surface area (Å²) in [5.41, 5.74) is 5.39. The first-order valence-electron chi connectivity index (χ1n) is 14.3. The summed E-state index contributed by atoms with van der Waals surface area (Å²) < 4.78 is 6.03. The van der Waals surface area contributed by atoms with Gasteiger partial charge in [0.2, 0.25) is 0 Å². The van der Waals surface area contributed by atoms with Crippen molar-refractivity contribution in [3.8, 4) is 11.8 Å². The minimum Gasteiger partial charge on any atom is -0.424 e. The van der Waals surface area contributed by atoms with Gasteiger partial charge < -0.3 is 20.1 Å². The zero-order valence-corrected chi connectivity index (χ0v) is 24.6. The van der Waals surface area contributed by atoms with Crippen LogP contribution in [0.15, 0.2) is 60.3 Å². The van der Waals surface area contributed by atoms with Gasteiger partial charge in [0.1, 0.15) is 5.75 Å². The molecule has 0 aliphatic heterocycles. The lowest BCUT2D eigenvalue weighted by Gasteiger charge is -2.30. The Kier molecular flexibility index (Phi) is 12.0. The number of benzene rings is 1. The number of allylic oxidation sites excluding steroid dienone is 3. The van der Waals surface area contributed by atoms with Crippen LogP contribution in [-0.2, 0) is 6.42 Å². The molecule has 1 atom stereocenters.